The van der Waals surface area contributed by atoms with Crippen LogP contribution in [0.4, 0.5) is 4.79 Å². The number of hydrogen-bond acceptors (Lipinski definition) is 6. The van der Waals surface area contributed by atoms with E-state index in [0.717, 1.165) is 64.8 Å². The van der Waals surface area contributed by atoms with Crippen molar-refractivity contribution < 1.29 is 19.0 Å². The molecular formula is C22H43N5O4. The summed E-state index contributed by atoms with van der Waals surface area (Å²) in [5, 5.41) is 3.43. The molecule has 1 N–H and O–H groups in total. The number of guanidine groups is 1. The van der Waals surface area contributed by atoms with Crippen molar-refractivity contribution in [2.75, 3.05) is 85.8 Å². The van der Waals surface area contributed by atoms with Gasteiger partial charge in [-0.15, -0.1) is 0 Å². The predicted octanol–water partition coefficient (Wildman–Crippen LogP) is 1.49. The summed E-state index contributed by atoms with van der Waals surface area (Å²) < 4.78 is 16.2. The summed E-state index contributed by atoms with van der Waals surface area (Å²) >= 11 is 0. The molecule has 0 radical (unpaired) electrons. The molecule has 0 aromatic heterocycles. The number of ether oxygens (including phenoxy) is 3. The lowest BCUT2D eigenvalue weighted by molar-refractivity contribution is 0.0148. The van der Waals surface area contributed by atoms with Crippen LogP contribution < -0.4 is 5.32 Å². The summed E-state index contributed by atoms with van der Waals surface area (Å²) in [7, 11) is 1.70. The normalized spacial score (nSPS) is 20.9. The third-order valence-electron chi connectivity index (χ3n) is 5.41. The van der Waals surface area contributed by atoms with Crippen LogP contribution in [-0.4, -0.2) is 118 Å². The van der Waals surface area contributed by atoms with Crippen LogP contribution in [0.25, 0.3) is 0 Å². The molecule has 0 aromatic rings. The molecule has 2 aliphatic rings. The Hall–Kier alpha value is -1.58. The van der Waals surface area contributed by atoms with Gasteiger partial charge in [0.05, 0.1) is 26.4 Å². The highest BCUT2D eigenvalue weighted by molar-refractivity contribution is 5.80. The van der Waals surface area contributed by atoms with Gasteiger partial charge in [-0.1, -0.05) is 0 Å². The van der Waals surface area contributed by atoms with E-state index in [1.165, 1.54) is 0 Å². The number of nitrogens with one attached hydrogen (secondary N) is 1. The first-order valence-electron chi connectivity index (χ1n) is 11.6. The SMILES string of the molecule is CCNC(=NCCN1CCN(C(=O)OC(C)(C)C)CC1)N1CCC(COCCOC)C1. The number of piperazine rings is 1. The molecule has 2 fully saturated rings. The first kappa shape index (κ1) is 25.7. The molecule has 2 rings (SSSR count). The Morgan fingerprint density at radius 2 is 1.84 bits per heavy atom. The Morgan fingerprint density at radius 3 is 2.48 bits per heavy atom. The number of methoxy groups -OCH3 is 1. The molecule has 2 heterocycles. The van der Waals surface area contributed by atoms with E-state index < -0.39 is 5.60 Å². The summed E-state index contributed by atoms with van der Waals surface area (Å²) in [4.78, 5) is 23.6. The second-order valence-electron chi connectivity index (χ2n) is 9.21. The van der Waals surface area contributed by atoms with Gasteiger partial charge in [-0.25, -0.2) is 4.79 Å². The summed E-state index contributed by atoms with van der Waals surface area (Å²) in [5.74, 6) is 1.54. The van der Waals surface area contributed by atoms with Gasteiger partial charge in [-0.3, -0.25) is 9.89 Å². The molecule has 0 bridgehead atoms. The third kappa shape index (κ3) is 9.62. The third-order valence-corrected chi connectivity index (χ3v) is 5.41. The van der Waals surface area contributed by atoms with Crippen molar-refractivity contribution >= 4 is 12.1 Å². The van der Waals surface area contributed by atoms with Crippen molar-refractivity contribution in [2.45, 2.75) is 39.7 Å². The summed E-state index contributed by atoms with van der Waals surface area (Å²) in [6.07, 6.45) is 0.915. The molecular weight excluding hydrogens is 398 g/mol. The zero-order valence-electron chi connectivity index (χ0n) is 20.2. The predicted molar refractivity (Wildman–Crippen MR) is 123 cm³/mol. The largest absolute Gasteiger partial charge is 0.444 e. The average Bonchev–Trinajstić information content (AvgIpc) is 3.18. The van der Waals surface area contributed by atoms with Gasteiger partial charge in [-0.05, 0) is 34.1 Å². The van der Waals surface area contributed by atoms with E-state index in [1.54, 1.807) is 12.0 Å². The standard InChI is InChI=1S/C22H43N5O4/c1-6-23-20(27-9-7-19(17-27)18-30-16-15-29-5)24-8-10-25-11-13-26(14-12-25)21(28)31-22(2,3)4/h19H,6-18H2,1-5H3,(H,23,24). The number of likely N-dealkylation sites (tertiary alicyclic amines) is 1. The lowest BCUT2D eigenvalue weighted by Crippen LogP contribution is -2.50. The number of carbonyl (C=O) groups excluding carboxylic acids is 1. The van der Waals surface area contributed by atoms with Gasteiger partial charge in [-0.2, -0.15) is 0 Å². The number of aliphatic imine (C=N–C) groups is 1. The van der Waals surface area contributed by atoms with E-state index in [4.69, 9.17) is 19.2 Å². The number of amides is 1. The fraction of sp³-hybridized carbons (Fsp3) is 0.909. The fourth-order valence-corrected chi connectivity index (χ4v) is 3.76. The van der Waals surface area contributed by atoms with Crippen LogP contribution in [0.5, 0.6) is 0 Å². The molecule has 2 aliphatic heterocycles. The quantitative estimate of drug-likeness (QED) is 0.330. The maximum atomic E-state index is 12.2. The van der Waals surface area contributed by atoms with Gasteiger partial charge >= 0.3 is 6.09 Å². The van der Waals surface area contributed by atoms with Gasteiger partial charge in [0.2, 0.25) is 0 Å². The minimum atomic E-state index is -0.448. The van der Waals surface area contributed by atoms with Gasteiger partial charge in [0.15, 0.2) is 5.96 Å². The molecule has 0 spiro atoms. The highest BCUT2D eigenvalue weighted by atomic mass is 16.6. The van der Waals surface area contributed by atoms with Crippen LogP contribution >= 0.6 is 0 Å². The van der Waals surface area contributed by atoms with Crippen molar-refractivity contribution in [3.05, 3.63) is 0 Å². The molecule has 1 atom stereocenters. The Bertz CT molecular complexity index is 559. The molecule has 9 nitrogen and oxygen atoms in total. The number of rotatable bonds is 9. The maximum absolute atomic E-state index is 12.2. The number of carbonyl (C=O) groups is 1. The highest BCUT2D eigenvalue weighted by Gasteiger charge is 2.27. The molecule has 0 aromatic carbocycles. The van der Waals surface area contributed by atoms with Crippen LogP contribution in [0.3, 0.4) is 0 Å². The van der Waals surface area contributed by atoms with E-state index in [1.807, 2.05) is 20.8 Å². The highest BCUT2D eigenvalue weighted by Crippen LogP contribution is 2.17. The first-order chi connectivity index (χ1) is 14.8. The van der Waals surface area contributed by atoms with Crippen molar-refractivity contribution in [3.8, 4) is 0 Å². The van der Waals surface area contributed by atoms with E-state index in [9.17, 15) is 4.79 Å². The molecule has 9 heteroatoms. The molecule has 0 aliphatic carbocycles. The van der Waals surface area contributed by atoms with E-state index in [2.05, 4.69) is 22.0 Å². The van der Waals surface area contributed by atoms with E-state index >= 15 is 0 Å². The Labute approximate surface area is 188 Å². The average molecular weight is 442 g/mol. The van der Waals surface area contributed by atoms with Crippen LogP contribution in [0.2, 0.25) is 0 Å². The molecule has 31 heavy (non-hydrogen) atoms. The smallest absolute Gasteiger partial charge is 0.410 e. The molecule has 180 valence electrons. The fourth-order valence-electron chi connectivity index (χ4n) is 3.76. The van der Waals surface area contributed by atoms with E-state index in [-0.39, 0.29) is 6.09 Å². The lowest BCUT2D eigenvalue weighted by atomic mass is 10.1. The summed E-state index contributed by atoms with van der Waals surface area (Å²) in [5.41, 5.74) is -0.448. The van der Waals surface area contributed by atoms with Crippen molar-refractivity contribution in [1.82, 2.24) is 20.0 Å². The zero-order valence-corrected chi connectivity index (χ0v) is 20.2. The van der Waals surface area contributed by atoms with E-state index in [0.29, 0.717) is 32.2 Å². The van der Waals surface area contributed by atoms with Gasteiger partial charge in [0.25, 0.3) is 0 Å². The second-order valence-corrected chi connectivity index (χ2v) is 9.21. The molecule has 0 saturated carbocycles. The summed E-state index contributed by atoms with van der Waals surface area (Å²) in [6.45, 7) is 17.5. The number of hydrogen-bond donors (Lipinski definition) is 1. The maximum Gasteiger partial charge on any atom is 0.410 e. The Kier molecular flexibility index (Phi) is 10.8. The van der Waals surface area contributed by atoms with Crippen LogP contribution in [0, 0.1) is 5.92 Å². The van der Waals surface area contributed by atoms with Gasteiger partial charge < -0.3 is 29.3 Å². The monoisotopic (exact) mass is 441 g/mol. The number of nitrogens with zero attached hydrogens (tertiary/aromatic N) is 4. The Balaban J connectivity index is 1.71. The zero-order chi connectivity index (χ0) is 22.7. The molecule has 2 saturated heterocycles. The minimum absolute atomic E-state index is 0.214. The molecule has 1 amide bonds. The van der Waals surface area contributed by atoms with Crippen LogP contribution in [0.15, 0.2) is 4.99 Å². The van der Waals surface area contributed by atoms with Crippen LogP contribution in [-0.2, 0) is 14.2 Å². The van der Waals surface area contributed by atoms with Gasteiger partial charge in [0, 0.05) is 65.4 Å². The second kappa shape index (κ2) is 13.1. The summed E-state index contributed by atoms with van der Waals surface area (Å²) in [6, 6.07) is 0. The topological polar surface area (TPSA) is 78.9 Å². The minimum Gasteiger partial charge on any atom is -0.444 e. The molecule has 1 unspecified atom stereocenters. The van der Waals surface area contributed by atoms with Gasteiger partial charge in [0.1, 0.15) is 5.60 Å². The Morgan fingerprint density at radius 1 is 1.10 bits per heavy atom. The van der Waals surface area contributed by atoms with Crippen molar-refractivity contribution in [2.24, 2.45) is 10.9 Å². The van der Waals surface area contributed by atoms with Crippen LogP contribution in [0.1, 0.15) is 34.1 Å². The lowest BCUT2D eigenvalue weighted by Gasteiger charge is -2.35. The van der Waals surface area contributed by atoms with Crippen molar-refractivity contribution in [3.63, 3.8) is 0 Å². The van der Waals surface area contributed by atoms with Crippen molar-refractivity contribution in [1.29, 1.82) is 0 Å². The first-order valence-corrected chi connectivity index (χ1v) is 11.6.